The number of halogens is 1. The Morgan fingerprint density at radius 3 is 2.42 bits per heavy atom. The lowest BCUT2D eigenvalue weighted by molar-refractivity contribution is -0.139. The molecular weight excluding hydrogens is 421 g/mol. The molecule has 2 aromatic rings. The SMILES string of the molecule is CCCCN1C(=O)C(=O)/C(=C(/O)c2ccc(OCC)c(C(C)(C)C)c2)C1c1ccccc1F. The highest BCUT2D eigenvalue weighted by atomic mass is 19.1. The van der Waals surface area contributed by atoms with Crippen molar-refractivity contribution in [2.24, 2.45) is 0 Å². The number of amides is 1. The molecule has 1 amide bonds. The Hall–Kier alpha value is -3.15. The molecule has 3 rings (SSSR count). The molecule has 1 aliphatic rings. The second-order valence-electron chi connectivity index (χ2n) is 9.26. The topological polar surface area (TPSA) is 66.8 Å². The first kappa shape index (κ1) is 24.5. The third kappa shape index (κ3) is 4.80. The van der Waals surface area contributed by atoms with Crippen molar-refractivity contribution in [3.63, 3.8) is 0 Å². The average Bonchev–Trinajstić information content (AvgIpc) is 3.02. The van der Waals surface area contributed by atoms with Crippen LogP contribution in [-0.4, -0.2) is 34.8 Å². The fourth-order valence-corrected chi connectivity index (χ4v) is 4.16. The number of ketones is 1. The van der Waals surface area contributed by atoms with Crippen molar-refractivity contribution in [3.8, 4) is 5.75 Å². The first-order valence-electron chi connectivity index (χ1n) is 11.4. The first-order chi connectivity index (χ1) is 15.6. The zero-order chi connectivity index (χ0) is 24.3. The lowest BCUT2D eigenvalue weighted by atomic mass is 9.84. The van der Waals surface area contributed by atoms with Gasteiger partial charge in [0.05, 0.1) is 18.2 Å². The van der Waals surface area contributed by atoms with Gasteiger partial charge in [0.25, 0.3) is 11.7 Å². The van der Waals surface area contributed by atoms with Crippen LogP contribution < -0.4 is 4.74 Å². The van der Waals surface area contributed by atoms with Crippen molar-refractivity contribution in [3.05, 3.63) is 70.5 Å². The molecule has 0 spiro atoms. The maximum absolute atomic E-state index is 14.8. The van der Waals surface area contributed by atoms with Crippen molar-refractivity contribution in [2.75, 3.05) is 13.2 Å². The van der Waals surface area contributed by atoms with Gasteiger partial charge in [-0.05, 0) is 43.0 Å². The number of carbonyl (C=O) groups is 2. The van der Waals surface area contributed by atoms with Crippen LogP contribution in [0.3, 0.4) is 0 Å². The molecule has 0 aliphatic carbocycles. The number of aliphatic hydroxyl groups is 1. The van der Waals surface area contributed by atoms with E-state index < -0.39 is 23.5 Å². The van der Waals surface area contributed by atoms with Gasteiger partial charge in [-0.2, -0.15) is 0 Å². The molecule has 1 atom stereocenters. The van der Waals surface area contributed by atoms with E-state index in [0.717, 1.165) is 12.0 Å². The molecule has 0 bridgehead atoms. The van der Waals surface area contributed by atoms with Gasteiger partial charge < -0.3 is 14.7 Å². The monoisotopic (exact) mass is 453 g/mol. The Morgan fingerprint density at radius 1 is 1.12 bits per heavy atom. The molecule has 0 aromatic heterocycles. The van der Waals surface area contributed by atoms with Crippen molar-refractivity contribution in [2.45, 2.75) is 58.9 Å². The summed E-state index contributed by atoms with van der Waals surface area (Å²) in [5.41, 5.74) is 1.05. The molecule has 6 heteroatoms. The van der Waals surface area contributed by atoms with Gasteiger partial charge in [0.1, 0.15) is 17.3 Å². The number of unbranched alkanes of at least 4 members (excludes halogenated alkanes) is 1. The minimum atomic E-state index is -0.984. The third-order valence-electron chi connectivity index (χ3n) is 5.85. The van der Waals surface area contributed by atoms with Crippen LogP contribution in [0.25, 0.3) is 5.76 Å². The Bertz CT molecular complexity index is 1080. The molecule has 5 nitrogen and oxygen atoms in total. The number of likely N-dealkylation sites (tertiary alicyclic amines) is 1. The summed E-state index contributed by atoms with van der Waals surface area (Å²) in [6, 6.07) is 10.3. The molecule has 0 radical (unpaired) electrons. The van der Waals surface area contributed by atoms with Gasteiger partial charge in [0.2, 0.25) is 0 Å². The zero-order valence-corrected chi connectivity index (χ0v) is 19.9. The summed E-state index contributed by atoms with van der Waals surface area (Å²) in [5, 5.41) is 11.3. The lowest BCUT2D eigenvalue weighted by Crippen LogP contribution is -2.31. The molecule has 1 heterocycles. The maximum atomic E-state index is 14.8. The van der Waals surface area contributed by atoms with E-state index in [9.17, 15) is 19.1 Å². The average molecular weight is 454 g/mol. The van der Waals surface area contributed by atoms with E-state index in [1.54, 1.807) is 36.4 Å². The fourth-order valence-electron chi connectivity index (χ4n) is 4.16. The van der Waals surface area contributed by atoms with Crippen molar-refractivity contribution >= 4 is 17.4 Å². The number of carbonyl (C=O) groups excluding carboxylic acids is 2. The normalized spacial score (nSPS) is 18.1. The number of rotatable bonds is 7. The smallest absolute Gasteiger partial charge is 0.295 e. The molecule has 1 aliphatic heterocycles. The van der Waals surface area contributed by atoms with E-state index in [1.165, 1.54) is 11.0 Å². The predicted octanol–water partition coefficient (Wildman–Crippen LogP) is 5.74. The molecule has 2 aromatic carbocycles. The number of Topliss-reactive ketones (excluding diaryl/α,β-unsaturated/α-hetero) is 1. The largest absolute Gasteiger partial charge is 0.507 e. The van der Waals surface area contributed by atoms with Crippen molar-refractivity contribution in [1.82, 2.24) is 4.90 Å². The Kier molecular flexibility index (Phi) is 7.25. The maximum Gasteiger partial charge on any atom is 0.295 e. The Morgan fingerprint density at radius 2 is 1.82 bits per heavy atom. The summed E-state index contributed by atoms with van der Waals surface area (Å²) in [4.78, 5) is 27.4. The Labute approximate surface area is 194 Å². The highest BCUT2D eigenvalue weighted by Gasteiger charge is 2.46. The van der Waals surface area contributed by atoms with Crippen LogP contribution in [0.1, 0.15) is 70.2 Å². The molecule has 33 heavy (non-hydrogen) atoms. The quantitative estimate of drug-likeness (QED) is 0.330. The van der Waals surface area contributed by atoms with Crippen LogP contribution in [0, 0.1) is 5.82 Å². The first-order valence-corrected chi connectivity index (χ1v) is 11.4. The molecule has 1 unspecified atom stereocenters. The second kappa shape index (κ2) is 9.77. The van der Waals surface area contributed by atoms with Gasteiger partial charge in [-0.15, -0.1) is 0 Å². The van der Waals surface area contributed by atoms with Gasteiger partial charge in [0.15, 0.2) is 0 Å². The van der Waals surface area contributed by atoms with E-state index >= 15 is 0 Å². The zero-order valence-electron chi connectivity index (χ0n) is 19.9. The van der Waals surface area contributed by atoms with Gasteiger partial charge in [-0.1, -0.05) is 52.3 Å². The molecule has 1 N–H and O–H groups in total. The Balaban J connectivity index is 2.22. The lowest BCUT2D eigenvalue weighted by Gasteiger charge is -2.26. The molecular formula is C27H32FNO4. The second-order valence-corrected chi connectivity index (χ2v) is 9.26. The minimum Gasteiger partial charge on any atom is -0.507 e. The molecule has 176 valence electrons. The van der Waals surface area contributed by atoms with E-state index in [1.807, 2.05) is 34.6 Å². The summed E-state index contributed by atoms with van der Waals surface area (Å²) in [5.74, 6) is -1.67. The number of benzene rings is 2. The van der Waals surface area contributed by atoms with Gasteiger partial charge in [-0.25, -0.2) is 4.39 Å². The summed E-state index contributed by atoms with van der Waals surface area (Å²) in [6.45, 7) is 10.7. The standard InChI is InChI=1S/C27H32FNO4/c1-6-8-15-29-23(18-11-9-10-12-20(18)28)22(25(31)26(29)32)24(30)17-13-14-21(33-7-2)19(16-17)27(3,4)5/h9-14,16,23,30H,6-8,15H2,1-5H3/b24-22+. The van der Waals surface area contributed by atoms with Crippen LogP contribution in [0.4, 0.5) is 4.39 Å². The van der Waals surface area contributed by atoms with Gasteiger partial charge in [-0.3, -0.25) is 9.59 Å². The summed E-state index contributed by atoms with van der Waals surface area (Å²) >= 11 is 0. The fraction of sp³-hybridized carbons (Fsp3) is 0.407. The highest BCUT2D eigenvalue weighted by molar-refractivity contribution is 6.46. The number of ether oxygens (including phenoxy) is 1. The molecule has 1 saturated heterocycles. The van der Waals surface area contributed by atoms with E-state index in [-0.39, 0.29) is 22.3 Å². The third-order valence-corrected chi connectivity index (χ3v) is 5.85. The molecule has 1 fully saturated rings. The summed E-state index contributed by atoms with van der Waals surface area (Å²) in [6.07, 6.45) is 1.47. The van der Waals surface area contributed by atoms with E-state index in [0.29, 0.717) is 30.9 Å². The van der Waals surface area contributed by atoms with Crippen LogP contribution in [0.15, 0.2) is 48.0 Å². The number of nitrogens with zero attached hydrogens (tertiary/aromatic N) is 1. The number of hydrogen-bond acceptors (Lipinski definition) is 4. The highest BCUT2D eigenvalue weighted by Crippen LogP contribution is 2.41. The van der Waals surface area contributed by atoms with E-state index in [4.69, 9.17) is 4.74 Å². The van der Waals surface area contributed by atoms with Crippen LogP contribution >= 0.6 is 0 Å². The van der Waals surface area contributed by atoms with Crippen LogP contribution in [-0.2, 0) is 15.0 Å². The van der Waals surface area contributed by atoms with Gasteiger partial charge >= 0.3 is 0 Å². The summed E-state index contributed by atoms with van der Waals surface area (Å²) in [7, 11) is 0. The number of hydrogen-bond donors (Lipinski definition) is 1. The number of aliphatic hydroxyl groups excluding tert-OH is 1. The molecule has 0 saturated carbocycles. The predicted molar refractivity (Wildman–Crippen MR) is 127 cm³/mol. The van der Waals surface area contributed by atoms with E-state index in [2.05, 4.69) is 0 Å². The van der Waals surface area contributed by atoms with Gasteiger partial charge in [0, 0.05) is 23.2 Å². The minimum absolute atomic E-state index is 0.0924. The van der Waals surface area contributed by atoms with Crippen molar-refractivity contribution < 1.29 is 23.8 Å². The van der Waals surface area contributed by atoms with Crippen LogP contribution in [0.5, 0.6) is 5.75 Å². The van der Waals surface area contributed by atoms with Crippen LogP contribution in [0.2, 0.25) is 0 Å². The van der Waals surface area contributed by atoms with Crippen molar-refractivity contribution in [1.29, 1.82) is 0 Å². The summed E-state index contributed by atoms with van der Waals surface area (Å²) < 4.78 is 20.6.